The van der Waals surface area contributed by atoms with Crippen LogP contribution >= 0.6 is 0 Å². The number of aromatic nitrogens is 2. The van der Waals surface area contributed by atoms with Crippen LogP contribution in [0.5, 0.6) is 0 Å². The van der Waals surface area contributed by atoms with Crippen LogP contribution in [0.15, 0.2) is 58.2 Å². The molecule has 0 saturated carbocycles. The molecule has 0 fully saturated rings. The van der Waals surface area contributed by atoms with Gasteiger partial charge in [0.25, 0.3) is 15.6 Å². The fourth-order valence-corrected chi connectivity index (χ4v) is 3.74. The summed E-state index contributed by atoms with van der Waals surface area (Å²) in [6.45, 7) is 1.56. The third kappa shape index (κ3) is 3.01. The van der Waals surface area contributed by atoms with Gasteiger partial charge in [0.2, 0.25) is 0 Å². The van der Waals surface area contributed by atoms with Crippen LogP contribution in [0.2, 0.25) is 0 Å². The van der Waals surface area contributed by atoms with Crippen molar-refractivity contribution >= 4 is 15.7 Å². The van der Waals surface area contributed by atoms with E-state index in [0.717, 1.165) is 12.1 Å². The van der Waals surface area contributed by atoms with Gasteiger partial charge in [-0.3, -0.25) is 14.2 Å². The number of para-hydroxylation sites is 1. The molecule has 136 valence electrons. The highest BCUT2D eigenvalue weighted by molar-refractivity contribution is 7.92. The summed E-state index contributed by atoms with van der Waals surface area (Å²) in [6, 6.07) is 10.7. The number of hydrogen-bond acceptors (Lipinski definition) is 3. The molecule has 2 aromatic carbocycles. The molecule has 0 bridgehead atoms. The molecule has 9 heteroatoms. The standard InChI is InChI=1S/C17H15F2N3O3S/c1-11-16(17(23)22(21(11)2)13-6-4-3-5-7-13)20-26(24,25)15-9-8-12(18)10-14(15)19/h3-10,20H,1-2H3. The highest BCUT2D eigenvalue weighted by Crippen LogP contribution is 2.21. The van der Waals surface area contributed by atoms with Crippen molar-refractivity contribution < 1.29 is 17.2 Å². The van der Waals surface area contributed by atoms with E-state index in [-0.39, 0.29) is 5.69 Å². The molecular formula is C17H15F2N3O3S. The van der Waals surface area contributed by atoms with Gasteiger partial charge in [0, 0.05) is 13.1 Å². The van der Waals surface area contributed by atoms with E-state index in [9.17, 15) is 22.0 Å². The number of anilines is 1. The Balaban J connectivity index is 2.10. The summed E-state index contributed by atoms with van der Waals surface area (Å²) in [4.78, 5) is 12.0. The number of halogens is 2. The van der Waals surface area contributed by atoms with Gasteiger partial charge < -0.3 is 0 Å². The predicted molar refractivity (Wildman–Crippen MR) is 92.9 cm³/mol. The zero-order valence-electron chi connectivity index (χ0n) is 13.9. The summed E-state index contributed by atoms with van der Waals surface area (Å²) in [7, 11) is -2.81. The number of sulfonamides is 1. The Bertz CT molecular complexity index is 1140. The summed E-state index contributed by atoms with van der Waals surface area (Å²) in [5.41, 5.74) is 0.0637. The second kappa shape index (κ2) is 6.41. The lowest BCUT2D eigenvalue weighted by atomic mass is 10.3. The van der Waals surface area contributed by atoms with Gasteiger partial charge in [0.05, 0.1) is 11.4 Å². The lowest BCUT2D eigenvalue weighted by molar-refractivity contribution is 0.551. The number of nitrogens with one attached hydrogen (secondary N) is 1. The van der Waals surface area contributed by atoms with Crippen molar-refractivity contribution in [1.82, 2.24) is 9.36 Å². The van der Waals surface area contributed by atoms with Crippen molar-refractivity contribution in [2.75, 3.05) is 4.72 Å². The van der Waals surface area contributed by atoms with Crippen molar-refractivity contribution in [1.29, 1.82) is 0 Å². The molecule has 0 aliphatic heterocycles. The maximum Gasteiger partial charge on any atom is 0.296 e. The predicted octanol–water partition coefficient (Wildman–Crippen LogP) is 2.56. The van der Waals surface area contributed by atoms with Crippen LogP contribution in [0.3, 0.4) is 0 Å². The van der Waals surface area contributed by atoms with E-state index in [1.807, 2.05) is 0 Å². The maximum atomic E-state index is 13.9. The van der Waals surface area contributed by atoms with E-state index in [2.05, 4.69) is 4.72 Å². The number of benzene rings is 2. The van der Waals surface area contributed by atoms with Gasteiger partial charge in [-0.25, -0.2) is 21.9 Å². The molecule has 1 aromatic heterocycles. The fourth-order valence-electron chi connectivity index (χ4n) is 2.57. The van der Waals surface area contributed by atoms with Crippen molar-refractivity contribution in [2.24, 2.45) is 7.05 Å². The molecule has 1 heterocycles. The first kappa shape index (κ1) is 17.9. The fraction of sp³-hybridized carbons (Fsp3) is 0.118. The van der Waals surface area contributed by atoms with Gasteiger partial charge in [-0.05, 0) is 31.2 Å². The highest BCUT2D eigenvalue weighted by Gasteiger charge is 2.25. The van der Waals surface area contributed by atoms with Crippen molar-refractivity contribution in [2.45, 2.75) is 11.8 Å². The van der Waals surface area contributed by atoms with Gasteiger partial charge in [-0.2, -0.15) is 0 Å². The Morgan fingerprint density at radius 3 is 2.31 bits per heavy atom. The van der Waals surface area contributed by atoms with Crippen LogP contribution in [-0.4, -0.2) is 17.8 Å². The number of hydrogen-bond donors (Lipinski definition) is 1. The first-order valence-electron chi connectivity index (χ1n) is 7.54. The Morgan fingerprint density at radius 2 is 1.69 bits per heavy atom. The molecule has 0 saturated heterocycles. The monoisotopic (exact) mass is 379 g/mol. The molecule has 0 unspecified atom stereocenters. The highest BCUT2D eigenvalue weighted by atomic mass is 32.2. The summed E-state index contributed by atoms with van der Waals surface area (Å²) < 4.78 is 56.7. The molecule has 6 nitrogen and oxygen atoms in total. The zero-order valence-corrected chi connectivity index (χ0v) is 14.7. The largest absolute Gasteiger partial charge is 0.296 e. The van der Waals surface area contributed by atoms with Crippen molar-refractivity contribution in [3.8, 4) is 5.69 Å². The summed E-state index contributed by atoms with van der Waals surface area (Å²) in [5, 5.41) is 0. The third-order valence-corrected chi connectivity index (χ3v) is 5.36. The quantitative estimate of drug-likeness (QED) is 0.757. The first-order valence-corrected chi connectivity index (χ1v) is 9.02. The number of rotatable bonds is 4. The molecule has 0 amide bonds. The van der Waals surface area contributed by atoms with Gasteiger partial charge in [-0.1, -0.05) is 18.2 Å². The van der Waals surface area contributed by atoms with Gasteiger partial charge >= 0.3 is 0 Å². The zero-order chi connectivity index (χ0) is 19.1. The molecular weight excluding hydrogens is 364 g/mol. The Labute approximate surface area is 148 Å². The third-order valence-electron chi connectivity index (χ3n) is 3.97. The summed E-state index contributed by atoms with van der Waals surface area (Å²) >= 11 is 0. The molecule has 0 radical (unpaired) electrons. The lowest BCUT2D eigenvalue weighted by Gasteiger charge is -2.08. The van der Waals surface area contributed by atoms with Gasteiger partial charge in [-0.15, -0.1) is 0 Å². The first-order chi connectivity index (χ1) is 12.2. The lowest BCUT2D eigenvalue weighted by Crippen LogP contribution is -2.23. The smallest absolute Gasteiger partial charge is 0.283 e. The average Bonchev–Trinajstić information content (AvgIpc) is 2.78. The topological polar surface area (TPSA) is 73.1 Å². The summed E-state index contributed by atoms with van der Waals surface area (Å²) in [6.07, 6.45) is 0. The Hall–Kier alpha value is -2.94. The molecule has 0 aliphatic carbocycles. The van der Waals surface area contributed by atoms with E-state index >= 15 is 0 Å². The van der Waals surface area contributed by atoms with E-state index in [1.54, 1.807) is 44.3 Å². The minimum Gasteiger partial charge on any atom is -0.283 e. The van der Waals surface area contributed by atoms with Gasteiger partial charge in [0.1, 0.15) is 22.2 Å². The molecule has 1 N–H and O–H groups in total. The van der Waals surface area contributed by atoms with Crippen LogP contribution in [0, 0.1) is 18.6 Å². The minimum absolute atomic E-state index is 0.208. The SMILES string of the molecule is Cc1c(NS(=O)(=O)c2ccc(F)cc2F)c(=O)n(-c2ccccc2)n1C. The van der Waals surface area contributed by atoms with Crippen LogP contribution in [0.4, 0.5) is 14.5 Å². The summed E-state index contributed by atoms with van der Waals surface area (Å²) in [5.74, 6) is -2.14. The van der Waals surface area contributed by atoms with Crippen LogP contribution < -0.4 is 10.3 Å². The minimum atomic E-state index is -4.41. The Morgan fingerprint density at radius 1 is 1.04 bits per heavy atom. The normalized spacial score (nSPS) is 11.5. The van der Waals surface area contributed by atoms with Gasteiger partial charge in [0.15, 0.2) is 0 Å². The van der Waals surface area contributed by atoms with Crippen LogP contribution in [0.25, 0.3) is 5.69 Å². The van der Waals surface area contributed by atoms with E-state index in [4.69, 9.17) is 0 Å². The van der Waals surface area contributed by atoms with E-state index in [0.29, 0.717) is 17.4 Å². The molecule has 3 aromatic rings. The van der Waals surface area contributed by atoms with Crippen molar-refractivity contribution in [3.63, 3.8) is 0 Å². The molecule has 0 atom stereocenters. The van der Waals surface area contributed by atoms with E-state index < -0.39 is 32.1 Å². The average molecular weight is 379 g/mol. The molecule has 0 aliphatic rings. The molecule has 3 rings (SSSR count). The molecule has 26 heavy (non-hydrogen) atoms. The Kier molecular flexibility index (Phi) is 4.41. The van der Waals surface area contributed by atoms with Crippen LogP contribution in [-0.2, 0) is 17.1 Å². The second-order valence-electron chi connectivity index (χ2n) is 5.62. The van der Waals surface area contributed by atoms with Crippen molar-refractivity contribution in [3.05, 3.63) is 76.2 Å². The van der Waals surface area contributed by atoms with E-state index in [1.165, 1.54) is 9.36 Å². The second-order valence-corrected chi connectivity index (χ2v) is 7.27. The maximum absolute atomic E-state index is 13.9. The van der Waals surface area contributed by atoms with Crippen LogP contribution in [0.1, 0.15) is 5.69 Å². The molecule has 0 spiro atoms. The number of nitrogens with zero attached hydrogens (tertiary/aromatic N) is 2.